The highest BCUT2D eigenvalue weighted by Gasteiger charge is 2.84. The van der Waals surface area contributed by atoms with Crippen LogP contribution in [0.4, 0.5) is 9.59 Å². The minimum Gasteiger partial charge on any atom is -0.446 e. The first-order valence-corrected chi connectivity index (χ1v) is 20.4. The second kappa shape index (κ2) is 11.3. The van der Waals surface area contributed by atoms with Crippen molar-refractivity contribution >= 4 is 12.2 Å². The topological polar surface area (TPSA) is 106 Å². The van der Waals surface area contributed by atoms with Crippen LogP contribution < -0.4 is 0 Å². The molecule has 282 valence electrons. The molecule has 2 spiro atoms. The number of aliphatic hydroxyl groups excluding tert-OH is 1. The van der Waals surface area contributed by atoms with Gasteiger partial charge in [0.05, 0.1) is 24.9 Å². The summed E-state index contributed by atoms with van der Waals surface area (Å²) in [6.07, 6.45) is 11.6. The molecule has 5 saturated carbocycles. The molecule has 0 unspecified atom stereocenters. The Morgan fingerprint density at radius 3 is 2.43 bits per heavy atom. The Kier molecular flexibility index (Phi) is 7.66. The Balaban J connectivity index is 0.937. The highest BCUT2D eigenvalue weighted by Crippen LogP contribution is 2.89. The number of ether oxygens (including phenoxy) is 3. The molecule has 2 saturated heterocycles. The molecule has 3 aliphatic heterocycles. The summed E-state index contributed by atoms with van der Waals surface area (Å²) in [5, 5.41) is 12.7. The Labute approximate surface area is 304 Å². The van der Waals surface area contributed by atoms with Crippen LogP contribution in [-0.4, -0.2) is 86.8 Å². The number of hydrogen-bond donors (Lipinski definition) is 1. The van der Waals surface area contributed by atoms with Crippen molar-refractivity contribution in [1.82, 2.24) is 19.4 Å². The lowest BCUT2D eigenvalue weighted by molar-refractivity contribution is -0.185. The van der Waals surface area contributed by atoms with Crippen molar-refractivity contribution < 1.29 is 28.9 Å². The lowest BCUT2D eigenvalue weighted by Crippen LogP contribution is -2.60. The monoisotopic (exact) mass is 706 g/mol. The maximum atomic E-state index is 13.6. The van der Waals surface area contributed by atoms with E-state index in [1.807, 2.05) is 17.3 Å². The van der Waals surface area contributed by atoms with Gasteiger partial charge in [0.15, 0.2) is 0 Å². The summed E-state index contributed by atoms with van der Waals surface area (Å²) in [6.45, 7) is 19.7. The van der Waals surface area contributed by atoms with Gasteiger partial charge in [-0.2, -0.15) is 0 Å². The van der Waals surface area contributed by atoms with Crippen molar-refractivity contribution in [2.24, 2.45) is 56.7 Å². The van der Waals surface area contributed by atoms with E-state index in [4.69, 9.17) is 14.2 Å². The van der Waals surface area contributed by atoms with Crippen LogP contribution in [0.25, 0.3) is 0 Å². The Bertz CT molecular complexity index is 1570. The summed E-state index contributed by atoms with van der Waals surface area (Å²) in [6, 6.07) is 0. The molecule has 10 heteroatoms. The largest absolute Gasteiger partial charge is 0.446 e. The molecule has 13 atom stereocenters. The lowest BCUT2D eigenvalue weighted by Gasteiger charge is -2.63. The molecule has 10 nitrogen and oxygen atoms in total. The molecule has 0 radical (unpaired) electrons. The van der Waals surface area contributed by atoms with Crippen LogP contribution in [0, 0.1) is 56.7 Å². The highest BCUT2D eigenvalue weighted by atomic mass is 16.6. The maximum absolute atomic E-state index is 13.6. The van der Waals surface area contributed by atoms with E-state index in [0.29, 0.717) is 30.8 Å². The summed E-state index contributed by atoms with van der Waals surface area (Å²) in [5.41, 5.74) is 0.0720. The molecule has 2 amide bonds. The third-order valence-electron chi connectivity index (χ3n) is 17.4. The van der Waals surface area contributed by atoms with Gasteiger partial charge in [0.25, 0.3) is 0 Å². The number of likely N-dealkylation sites (tertiary alicyclic amines) is 1. The van der Waals surface area contributed by atoms with Crippen molar-refractivity contribution in [3.63, 3.8) is 0 Å². The fraction of sp³-hybridized carbons (Fsp3) is 0.878. The van der Waals surface area contributed by atoms with E-state index in [1.165, 1.54) is 12.8 Å². The Morgan fingerprint density at radius 1 is 0.961 bits per heavy atom. The number of hydrogen-bond acceptors (Lipinski definition) is 7. The van der Waals surface area contributed by atoms with Gasteiger partial charge in [0.2, 0.25) is 0 Å². The lowest BCUT2D eigenvalue weighted by atomic mass is 9.41. The minimum atomic E-state index is -0.557. The van der Waals surface area contributed by atoms with E-state index >= 15 is 0 Å². The van der Waals surface area contributed by atoms with Crippen molar-refractivity contribution in [3.05, 3.63) is 18.2 Å². The minimum absolute atomic E-state index is 0.0267. The van der Waals surface area contributed by atoms with Crippen molar-refractivity contribution in [2.45, 2.75) is 150 Å². The molecule has 1 aromatic rings. The average molecular weight is 707 g/mol. The summed E-state index contributed by atoms with van der Waals surface area (Å²) in [4.78, 5) is 34.6. The molecule has 4 heterocycles. The van der Waals surface area contributed by atoms with Crippen LogP contribution in [0.3, 0.4) is 0 Å². The zero-order chi connectivity index (χ0) is 35.9. The van der Waals surface area contributed by atoms with E-state index in [0.717, 1.165) is 70.4 Å². The SMILES string of the molecule is CC(C)[C@@H](OC(=O)N1CCC1)[C@H]1C[C@@H](C)[C@H]2[C@H](O1)[C@H](O)[C@@]1(C)[C@@H]3CC[C@H]4C(C)(C)[C@@H](OC(=O)N5CCn6ccnc6C5)CC[C@@]45C[C@@]35CC[C@]21C. The fourth-order valence-corrected chi connectivity index (χ4v) is 14.6. The molecule has 8 aliphatic rings. The summed E-state index contributed by atoms with van der Waals surface area (Å²) in [7, 11) is 0. The first-order valence-electron chi connectivity index (χ1n) is 20.4. The van der Waals surface area contributed by atoms with Gasteiger partial charge in [0, 0.05) is 49.4 Å². The van der Waals surface area contributed by atoms with Crippen molar-refractivity contribution in [3.8, 4) is 0 Å². The predicted octanol–water partition coefficient (Wildman–Crippen LogP) is 6.88. The standard InChI is InChI=1S/C41H62N4O6/c1-24(2)32(51-35(47)44-16-8-17-44)26-21-25(3)31-33(49-26)34(46)39(7)28-10-9-27-37(4,5)29(11-12-40(27)23-41(28,40)14-13-38(31,39)6)50-36(48)45-20-19-43-18-15-42-30(43)22-45/h15,18,24-29,31-34,46H,8-14,16-17,19-23H2,1-7H3/t25-,26-,27+,28+,29+,31+,32-,33+,34+,38-,39-,40-,41+/m1/s1. The summed E-state index contributed by atoms with van der Waals surface area (Å²) in [5.74, 6) is 2.62. The number of carbonyl (C=O) groups is 2. The maximum Gasteiger partial charge on any atom is 0.410 e. The van der Waals surface area contributed by atoms with E-state index in [1.54, 1.807) is 4.90 Å². The first kappa shape index (κ1) is 34.4. The van der Waals surface area contributed by atoms with Crippen LogP contribution in [0.15, 0.2) is 12.4 Å². The Hall–Kier alpha value is -2.33. The quantitative estimate of drug-likeness (QED) is 0.364. The van der Waals surface area contributed by atoms with Gasteiger partial charge in [-0.05, 0) is 104 Å². The summed E-state index contributed by atoms with van der Waals surface area (Å²) < 4.78 is 21.8. The highest BCUT2D eigenvalue weighted by molar-refractivity contribution is 5.69. The third kappa shape index (κ3) is 4.50. The van der Waals surface area contributed by atoms with E-state index in [2.05, 4.69) is 58.0 Å². The number of imidazole rings is 1. The third-order valence-corrected chi connectivity index (χ3v) is 17.4. The van der Waals surface area contributed by atoms with Crippen LogP contribution in [0.5, 0.6) is 0 Å². The van der Waals surface area contributed by atoms with Crippen LogP contribution >= 0.6 is 0 Å². The first-order chi connectivity index (χ1) is 24.2. The Morgan fingerprint density at radius 2 is 1.71 bits per heavy atom. The van der Waals surface area contributed by atoms with Gasteiger partial charge in [-0.15, -0.1) is 0 Å². The number of carbonyl (C=O) groups excluding carboxylic acids is 2. The number of aromatic nitrogens is 2. The molecule has 1 aromatic heterocycles. The zero-order valence-electron chi connectivity index (χ0n) is 32.1. The van der Waals surface area contributed by atoms with Gasteiger partial charge in [-0.25, -0.2) is 14.6 Å². The molecule has 0 bridgehead atoms. The molecular weight excluding hydrogens is 644 g/mol. The summed E-state index contributed by atoms with van der Waals surface area (Å²) >= 11 is 0. The van der Waals surface area contributed by atoms with Gasteiger partial charge < -0.3 is 28.8 Å². The van der Waals surface area contributed by atoms with Crippen LogP contribution in [-0.2, 0) is 27.3 Å². The number of rotatable bonds is 4. The molecule has 0 aromatic carbocycles. The van der Waals surface area contributed by atoms with E-state index in [-0.39, 0.29) is 75.5 Å². The van der Waals surface area contributed by atoms with E-state index < -0.39 is 6.10 Å². The van der Waals surface area contributed by atoms with Crippen molar-refractivity contribution in [2.75, 3.05) is 19.6 Å². The van der Waals surface area contributed by atoms with Crippen LogP contribution in [0.2, 0.25) is 0 Å². The van der Waals surface area contributed by atoms with Gasteiger partial charge >= 0.3 is 12.2 Å². The second-order valence-corrected chi connectivity index (χ2v) is 19.8. The number of aliphatic hydroxyl groups is 1. The van der Waals surface area contributed by atoms with E-state index in [9.17, 15) is 14.7 Å². The molecule has 1 N–H and O–H groups in total. The molecule has 9 rings (SSSR count). The number of nitrogens with zero attached hydrogens (tertiary/aromatic N) is 4. The number of fused-ring (bicyclic) bond motifs is 5. The van der Waals surface area contributed by atoms with Crippen LogP contribution in [0.1, 0.15) is 112 Å². The van der Waals surface area contributed by atoms with Gasteiger partial charge in [-0.3, -0.25) is 4.90 Å². The predicted molar refractivity (Wildman–Crippen MR) is 190 cm³/mol. The van der Waals surface area contributed by atoms with Gasteiger partial charge in [0.1, 0.15) is 18.0 Å². The number of amides is 2. The van der Waals surface area contributed by atoms with Gasteiger partial charge in [-0.1, -0.05) is 48.5 Å². The second-order valence-electron chi connectivity index (χ2n) is 19.8. The zero-order valence-corrected chi connectivity index (χ0v) is 32.1. The smallest absolute Gasteiger partial charge is 0.410 e. The fourth-order valence-electron chi connectivity index (χ4n) is 14.6. The van der Waals surface area contributed by atoms with Crippen molar-refractivity contribution in [1.29, 1.82) is 0 Å². The normalized spacial score (nSPS) is 46.7. The average Bonchev–Trinajstić information content (AvgIpc) is 3.40. The molecule has 7 fully saturated rings. The molecule has 5 aliphatic carbocycles. The molecule has 51 heavy (non-hydrogen) atoms. The molecular formula is C41H62N4O6.